The van der Waals surface area contributed by atoms with E-state index in [0.717, 1.165) is 51.5 Å². The number of benzene rings is 2. The van der Waals surface area contributed by atoms with Gasteiger partial charge in [0.25, 0.3) is 0 Å². The predicted molar refractivity (Wildman–Crippen MR) is 126 cm³/mol. The van der Waals surface area contributed by atoms with Gasteiger partial charge in [0.05, 0.1) is 5.69 Å². The smallest absolute Gasteiger partial charge is 0.144 e. The summed E-state index contributed by atoms with van der Waals surface area (Å²) in [5.74, 6) is -0.938. The second-order valence-electron chi connectivity index (χ2n) is 9.62. The highest BCUT2D eigenvalue weighted by atomic mass is 16.3. The second kappa shape index (κ2) is 6.97. The Morgan fingerprint density at radius 2 is 1.90 bits per heavy atom. The molecule has 1 aliphatic rings. The monoisotopic (exact) mass is 401 g/mol. The van der Waals surface area contributed by atoms with Crippen LogP contribution in [0.5, 0.6) is 0 Å². The number of para-hydroxylation sites is 1. The predicted octanol–water partition coefficient (Wildman–Crippen LogP) is 8.26. The molecule has 5 rings (SSSR count). The number of aryl methyl sites for hydroxylation is 3. The summed E-state index contributed by atoms with van der Waals surface area (Å²) in [6.45, 7) is 6.28. The number of furan rings is 1. The molecule has 2 nitrogen and oxygen atoms in total. The van der Waals surface area contributed by atoms with Gasteiger partial charge in [-0.3, -0.25) is 4.98 Å². The normalized spacial score (nSPS) is 20.5. The number of rotatable bonds is 2. The van der Waals surface area contributed by atoms with Gasteiger partial charge >= 0.3 is 0 Å². The molecule has 2 aromatic heterocycles. The Morgan fingerprint density at radius 3 is 2.67 bits per heavy atom. The maximum absolute atomic E-state index is 9.32. The highest BCUT2D eigenvalue weighted by molar-refractivity contribution is 6.10. The van der Waals surface area contributed by atoms with Crippen molar-refractivity contribution in [2.24, 2.45) is 5.41 Å². The van der Waals surface area contributed by atoms with E-state index in [9.17, 15) is 1.37 Å². The van der Waals surface area contributed by atoms with Gasteiger partial charge in [0.1, 0.15) is 11.2 Å². The molecule has 0 atom stereocenters. The van der Waals surface area contributed by atoms with Crippen molar-refractivity contribution < 1.29 is 9.90 Å². The maximum atomic E-state index is 9.32. The first kappa shape index (κ1) is 15.2. The summed E-state index contributed by atoms with van der Waals surface area (Å²) in [6, 6.07) is 12.1. The van der Waals surface area contributed by atoms with Gasteiger partial charge in [0.15, 0.2) is 0 Å². The minimum absolute atomic E-state index is 0.177. The summed E-state index contributed by atoms with van der Waals surface area (Å²) < 4.78 is 40.0. The molecule has 1 saturated carbocycles. The fourth-order valence-corrected chi connectivity index (χ4v) is 4.90. The van der Waals surface area contributed by atoms with Crippen LogP contribution in [-0.2, 0) is 0 Å². The molecule has 0 N–H and O–H groups in total. The summed E-state index contributed by atoms with van der Waals surface area (Å²) in [4.78, 5) is 4.59. The summed E-state index contributed by atoms with van der Waals surface area (Å²) in [5, 5.41) is 2.11. The number of hydrogen-bond acceptors (Lipinski definition) is 2. The van der Waals surface area contributed by atoms with Crippen LogP contribution >= 0.6 is 0 Å². The lowest BCUT2D eigenvalue weighted by molar-refractivity contribution is 0.224. The molecule has 4 aromatic rings. The van der Waals surface area contributed by atoms with E-state index in [2.05, 4.69) is 44.8 Å². The molecule has 2 heterocycles. The lowest BCUT2D eigenvalue weighted by atomic mass is 9.71. The van der Waals surface area contributed by atoms with E-state index in [1.807, 2.05) is 24.3 Å². The fourth-order valence-electron chi connectivity index (χ4n) is 4.90. The van der Waals surface area contributed by atoms with E-state index < -0.39 is 12.7 Å². The number of pyridine rings is 1. The lowest BCUT2D eigenvalue weighted by Crippen LogP contribution is -2.20. The first-order valence-corrected chi connectivity index (χ1v) is 10.8. The van der Waals surface area contributed by atoms with Crippen LogP contribution in [-0.4, -0.2) is 4.98 Å². The van der Waals surface area contributed by atoms with Gasteiger partial charge in [-0.2, -0.15) is 0 Å². The third-order valence-electron chi connectivity index (χ3n) is 6.71. The Kier molecular flexibility index (Phi) is 3.54. The molecule has 0 unspecified atom stereocenters. The van der Waals surface area contributed by atoms with Crippen LogP contribution in [0, 0.1) is 26.1 Å². The van der Waals surface area contributed by atoms with Crippen LogP contribution in [0.3, 0.4) is 0 Å². The molecule has 2 heteroatoms. The van der Waals surface area contributed by atoms with Gasteiger partial charge in [0.2, 0.25) is 0 Å². The molecule has 2 aromatic carbocycles. The molecule has 0 bridgehead atoms. The number of nitrogens with zero attached hydrogens (tertiary/aromatic N) is 1. The molecule has 0 radical (unpaired) electrons. The third kappa shape index (κ3) is 3.23. The Bertz CT molecular complexity index is 1400. The molecular formula is C28H31NO. The van der Waals surface area contributed by atoms with Gasteiger partial charge in [-0.15, -0.1) is 0 Å². The molecule has 0 aliphatic heterocycles. The van der Waals surface area contributed by atoms with Crippen molar-refractivity contribution in [1.82, 2.24) is 4.98 Å². The minimum atomic E-state index is -2.32. The fraction of sp³-hybridized carbons (Fsp3) is 0.393. The van der Waals surface area contributed by atoms with E-state index in [0.29, 0.717) is 24.1 Å². The topological polar surface area (TPSA) is 26.0 Å². The summed E-state index contributed by atoms with van der Waals surface area (Å²) >= 11 is 0. The molecule has 0 spiro atoms. The van der Waals surface area contributed by atoms with E-state index in [-0.39, 0.29) is 11.0 Å². The second-order valence-corrected chi connectivity index (χ2v) is 9.62. The van der Waals surface area contributed by atoms with Crippen molar-refractivity contribution in [2.45, 2.75) is 66.1 Å². The van der Waals surface area contributed by atoms with Crippen molar-refractivity contribution in [2.75, 3.05) is 0 Å². The van der Waals surface area contributed by atoms with Crippen LogP contribution < -0.4 is 0 Å². The first-order valence-electron chi connectivity index (χ1n) is 12.8. The van der Waals surface area contributed by atoms with Crippen molar-refractivity contribution >= 4 is 21.9 Å². The molecular weight excluding hydrogens is 366 g/mol. The van der Waals surface area contributed by atoms with Crippen LogP contribution in [0.25, 0.3) is 33.2 Å². The highest BCUT2D eigenvalue weighted by Gasteiger charge is 2.28. The zero-order valence-electron chi connectivity index (χ0n) is 22.2. The van der Waals surface area contributed by atoms with Gasteiger partial charge in [-0.1, -0.05) is 32.0 Å². The lowest BCUT2D eigenvalue weighted by Gasteiger charge is -2.35. The van der Waals surface area contributed by atoms with Crippen LogP contribution in [0.2, 0.25) is 0 Å². The number of hydrogen-bond donors (Lipinski definition) is 0. The van der Waals surface area contributed by atoms with Gasteiger partial charge < -0.3 is 4.42 Å². The first-order chi connectivity index (χ1) is 15.9. The molecule has 0 amide bonds. The van der Waals surface area contributed by atoms with Crippen molar-refractivity contribution in [3.63, 3.8) is 0 Å². The molecule has 30 heavy (non-hydrogen) atoms. The van der Waals surface area contributed by atoms with Gasteiger partial charge in [-0.05, 0) is 98.1 Å². The van der Waals surface area contributed by atoms with Crippen LogP contribution in [0.1, 0.15) is 73.2 Å². The Hall–Kier alpha value is -2.61. The zero-order chi connectivity index (χ0) is 24.5. The maximum Gasteiger partial charge on any atom is 0.144 e. The standard InChI is InChI=1S/C28H31NO/c1-17-13-18(2)26-22-8-6-7-21(27(22)30-25(26)14-17)24-15-23(19(3)16-29-24)20-9-11-28(4,5)12-10-20/h6-8,13-16,20H,9-12H2,1-5H3/i3D3,20D. The largest absolute Gasteiger partial charge is 0.455 e. The molecule has 0 saturated heterocycles. The molecule has 154 valence electrons. The Labute approximate surface area is 184 Å². The van der Waals surface area contributed by atoms with Crippen LogP contribution in [0.15, 0.2) is 47.0 Å². The minimum Gasteiger partial charge on any atom is -0.455 e. The summed E-state index contributed by atoms with van der Waals surface area (Å²) in [6.07, 6.45) is 4.53. The number of fused-ring (bicyclic) bond motifs is 3. The van der Waals surface area contributed by atoms with E-state index in [1.54, 1.807) is 0 Å². The zero-order valence-corrected chi connectivity index (χ0v) is 18.2. The van der Waals surface area contributed by atoms with E-state index in [4.69, 9.17) is 8.53 Å². The van der Waals surface area contributed by atoms with Crippen molar-refractivity contribution in [3.8, 4) is 11.3 Å². The van der Waals surface area contributed by atoms with Gasteiger partial charge in [0, 0.05) is 28.0 Å². The van der Waals surface area contributed by atoms with Crippen LogP contribution in [0.4, 0.5) is 0 Å². The average molecular weight is 402 g/mol. The SMILES string of the molecule is [2H]C([2H])([2H])c1cnc(-c2cccc3c2oc2cc(C)cc(C)c23)cc1C1([2H])CCC(C)(C)CC1. The Balaban J connectivity index is 1.71. The summed E-state index contributed by atoms with van der Waals surface area (Å²) in [7, 11) is 0. The quantitative estimate of drug-likeness (QED) is 0.338. The van der Waals surface area contributed by atoms with E-state index >= 15 is 0 Å². The summed E-state index contributed by atoms with van der Waals surface area (Å²) in [5.41, 5.74) is 6.30. The average Bonchev–Trinajstić information content (AvgIpc) is 3.13. The van der Waals surface area contributed by atoms with Gasteiger partial charge in [-0.25, -0.2) is 0 Å². The Morgan fingerprint density at radius 1 is 1.10 bits per heavy atom. The van der Waals surface area contributed by atoms with Crippen molar-refractivity contribution in [3.05, 3.63) is 64.8 Å². The van der Waals surface area contributed by atoms with Crippen molar-refractivity contribution in [1.29, 1.82) is 0 Å². The molecule has 1 aliphatic carbocycles. The van der Waals surface area contributed by atoms with E-state index in [1.165, 1.54) is 6.20 Å². The number of aromatic nitrogens is 1. The molecule has 1 fully saturated rings. The highest BCUT2D eigenvalue weighted by Crippen LogP contribution is 2.44. The third-order valence-corrected chi connectivity index (χ3v) is 6.71.